The van der Waals surface area contributed by atoms with Crippen molar-refractivity contribution in [3.63, 3.8) is 0 Å². The van der Waals surface area contributed by atoms with E-state index in [-0.39, 0.29) is 23.8 Å². The van der Waals surface area contributed by atoms with Gasteiger partial charge in [0.15, 0.2) is 0 Å². The fourth-order valence-electron chi connectivity index (χ4n) is 4.50. The minimum Gasteiger partial charge on any atom is -0.352 e. The highest BCUT2D eigenvalue weighted by molar-refractivity contribution is 5.97. The normalized spacial score (nSPS) is 19.8. The number of fused-ring (bicyclic) bond motifs is 1. The molecule has 1 N–H and O–H groups in total. The van der Waals surface area contributed by atoms with Gasteiger partial charge in [0.1, 0.15) is 0 Å². The molecule has 29 heavy (non-hydrogen) atoms. The number of rotatable bonds is 5. The van der Waals surface area contributed by atoms with Crippen molar-refractivity contribution in [2.45, 2.75) is 38.8 Å². The molecular weight excluding hydrogens is 362 g/mol. The Morgan fingerprint density at radius 3 is 2.45 bits per heavy atom. The SMILES string of the molecule is C[C@@H]1Cc2ccccc2N1C(=O)CN1CCC(C(=O)NCc2ccccc2)CC1. The van der Waals surface area contributed by atoms with Gasteiger partial charge in [0.05, 0.1) is 6.54 Å². The highest BCUT2D eigenvalue weighted by Crippen LogP contribution is 2.32. The molecule has 0 spiro atoms. The fourth-order valence-corrected chi connectivity index (χ4v) is 4.50. The second kappa shape index (κ2) is 8.78. The molecule has 0 aromatic heterocycles. The summed E-state index contributed by atoms with van der Waals surface area (Å²) in [6.07, 6.45) is 2.53. The van der Waals surface area contributed by atoms with Gasteiger partial charge in [0, 0.05) is 24.2 Å². The van der Waals surface area contributed by atoms with E-state index in [4.69, 9.17) is 0 Å². The first-order chi connectivity index (χ1) is 14.1. The molecule has 5 heteroatoms. The highest BCUT2D eigenvalue weighted by Gasteiger charge is 2.32. The van der Waals surface area contributed by atoms with Crippen molar-refractivity contribution in [3.8, 4) is 0 Å². The predicted octanol–water partition coefficient (Wildman–Crippen LogP) is 2.99. The van der Waals surface area contributed by atoms with Crippen molar-refractivity contribution in [2.75, 3.05) is 24.5 Å². The van der Waals surface area contributed by atoms with Crippen LogP contribution in [0.3, 0.4) is 0 Å². The largest absolute Gasteiger partial charge is 0.352 e. The molecule has 0 aliphatic carbocycles. The molecule has 2 aromatic rings. The van der Waals surface area contributed by atoms with Crippen LogP contribution in [-0.2, 0) is 22.6 Å². The number of carbonyl (C=O) groups is 2. The Morgan fingerprint density at radius 1 is 1.00 bits per heavy atom. The minimum atomic E-state index is 0.0384. The molecule has 0 saturated carbocycles. The van der Waals surface area contributed by atoms with Crippen molar-refractivity contribution < 1.29 is 9.59 Å². The number of nitrogens with one attached hydrogen (secondary N) is 1. The summed E-state index contributed by atoms with van der Waals surface area (Å²) in [5, 5.41) is 3.05. The number of hydrogen-bond donors (Lipinski definition) is 1. The van der Waals surface area contributed by atoms with Crippen LogP contribution in [-0.4, -0.2) is 42.4 Å². The second-order valence-corrected chi connectivity index (χ2v) is 8.20. The van der Waals surface area contributed by atoms with Crippen LogP contribution in [0.15, 0.2) is 54.6 Å². The average Bonchev–Trinajstić information content (AvgIpc) is 3.09. The van der Waals surface area contributed by atoms with E-state index in [9.17, 15) is 9.59 Å². The monoisotopic (exact) mass is 391 g/mol. The van der Waals surface area contributed by atoms with Gasteiger partial charge in [0.25, 0.3) is 0 Å². The number of nitrogens with zero attached hydrogens (tertiary/aromatic N) is 2. The minimum absolute atomic E-state index is 0.0384. The van der Waals surface area contributed by atoms with E-state index < -0.39 is 0 Å². The molecule has 2 aliphatic heterocycles. The van der Waals surface area contributed by atoms with Crippen LogP contribution < -0.4 is 10.2 Å². The molecule has 0 bridgehead atoms. The summed E-state index contributed by atoms with van der Waals surface area (Å²) in [4.78, 5) is 29.6. The number of para-hydroxylation sites is 1. The maximum Gasteiger partial charge on any atom is 0.241 e. The highest BCUT2D eigenvalue weighted by atomic mass is 16.2. The van der Waals surface area contributed by atoms with E-state index >= 15 is 0 Å². The molecule has 2 amide bonds. The Morgan fingerprint density at radius 2 is 1.69 bits per heavy atom. The number of amides is 2. The smallest absolute Gasteiger partial charge is 0.241 e. The van der Waals surface area contributed by atoms with E-state index in [1.807, 2.05) is 53.4 Å². The van der Waals surface area contributed by atoms with E-state index in [0.29, 0.717) is 13.1 Å². The number of anilines is 1. The zero-order chi connectivity index (χ0) is 20.2. The van der Waals surface area contributed by atoms with Gasteiger partial charge in [-0.2, -0.15) is 0 Å². The van der Waals surface area contributed by atoms with Gasteiger partial charge in [-0.15, -0.1) is 0 Å². The van der Waals surface area contributed by atoms with Crippen molar-refractivity contribution >= 4 is 17.5 Å². The first-order valence-electron chi connectivity index (χ1n) is 10.6. The third-order valence-corrected chi connectivity index (χ3v) is 6.10. The molecule has 5 nitrogen and oxygen atoms in total. The Bertz CT molecular complexity index is 859. The number of likely N-dealkylation sites (tertiary alicyclic amines) is 1. The molecule has 1 saturated heterocycles. The van der Waals surface area contributed by atoms with Crippen molar-refractivity contribution in [1.29, 1.82) is 0 Å². The maximum atomic E-state index is 13.0. The number of benzene rings is 2. The van der Waals surface area contributed by atoms with Gasteiger partial charge in [-0.3, -0.25) is 14.5 Å². The molecule has 1 atom stereocenters. The summed E-state index contributed by atoms with van der Waals surface area (Å²) in [6.45, 7) is 4.70. The van der Waals surface area contributed by atoms with Gasteiger partial charge < -0.3 is 10.2 Å². The summed E-state index contributed by atoms with van der Waals surface area (Å²) in [5.41, 5.74) is 3.42. The summed E-state index contributed by atoms with van der Waals surface area (Å²) in [5.74, 6) is 0.327. The summed E-state index contributed by atoms with van der Waals surface area (Å²) in [6, 6.07) is 18.4. The lowest BCUT2D eigenvalue weighted by molar-refractivity contribution is -0.126. The first-order valence-corrected chi connectivity index (χ1v) is 10.6. The van der Waals surface area contributed by atoms with Gasteiger partial charge >= 0.3 is 0 Å². The quantitative estimate of drug-likeness (QED) is 0.853. The molecule has 152 valence electrons. The van der Waals surface area contributed by atoms with Crippen LogP contribution >= 0.6 is 0 Å². The molecule has 4 rings (SSSR count). The predicted molar refractivity (Wildman–Crippen MR) is 115 cm³/mol. The topological polar surface area (TPSA) is 52.7 Å². The standard InChI is InChI=1S/C24H29N3O2/c1-18-15-21-9-5-6-10-22(21)27(18)23(28)17-26-13-11-20(12-14-26)24(29)25-16-19-7-3-2-4-8-19/h2-10,18,20H,11-17H2,1H3,(H,25,29)/t18-/m1/s1. The van der Waals surface area contributed by atoms with Crippen LogP contribution in [0.5, 0.6) is 0 Å². The summed E-state index contributed by atoms with van der Waals surface area (Å²) in [7, 11) is 0. The third-order valence-electron chi connectivity index (χ3n) is 6.10. The van der Waals surface area contributed by atoms with Crippen LogP contribution in [0.2, 0.25) is 0 Å². The lowest BCUT2D eigenvalue weighted by Gasteiger charge is -2.32. The maximum absolute atomic E-state index is 13.0. The number of carbonyl (C=O) groups excluding carboxylic acids is 2. The zero-order valence-corrected chi connectivity index (χ0v) is 17.0. The van der Waals surface area contributed by atoms with E-state index in [1.165, 1.54) is 5.56 Å². The Hall–Kier alpha value is -2.66. The second-order valence-electron chi connectivity index (χ2n) is 8.20. The Balaban J connectivity index is 1.26. The lowest BCUT2D eigenvalue weighted by Crippen LogP contribution is -2.47. The van der Waals surface area contributed by atoms with Crippen molar-refractivity contribution in [3.05, 3.63) is 65.7 Å². The number of piperidine rings is 1. The van der Waals surface area contributed by atoms with Gasteiger partial charge in [-0.1, -0.05) is 48.5 Å². The zero-order valence-electron chi connectivity index (χ0n) is 17.0. The number of hydrogen-bond acceptors (Lipinski definition) is 3. The van der Waals surface area contributed by atoms with E-state index in [1.54, 1.807) is 0 Å². The molecule has 2 aromatic carbocycles. The Kier molecular flexibility index (Phi) is 5.95. The van der Waals surface area contributed by atoms with E-state index in [2.05, 4.69) is 23.2 Å². The molecule has 0 radical (unpaired) electrons. The summed E-state index contributed by atoms with van der Waals surface area (Å²) >= 11 is 0. The molecular formula is C24H29N3O2. The van der Waals surface area contributed by atoms with Gasteiger partial charge in [-0.05, 0) is 56.5 Å². The molecule has 0 unspecified atom stereocenters. The van der Waals surface area contributed by atoms with Gasteiger partial charge in [-0.25, -0.2) is 0 Å². The van der Waals surface area contributed by atoms with E-state index in [0.717, 1.165) is 43.6 Å². The van der Waals surface area contributed by atoms with Crippen molar-refractivity contribution in [2.24, 2.45) is 5.92 Å². The van der Waals surface area contributed by atoms with Crippen molar-refractivity contribution in [1.82, 2.24) is 10.2 Å². The molecule has 1 fully saturated rings. The third kappa shape index (κ3) is 4.51. The molecule has 2 heterocycles. The molecule has 2 aliphatic rings. The first kappa shape index (κ1) is 19.6. The average molecular weight is 392 g/mol. The summed E-state index contributed by atoms with van der Waals surface area (Å²) < 4.78 is 0. The van der Waals surface area contributed by atoms with Crippen LogP contribution in [0.1, 0.15) is 30.9 Å². The van der Waals surface area contributed by atoms with Crippen LogP contribution in [0, 0.1) is 5.92 Å². The van der Waals surface area contributed by atoms with Crippen LogP contribution in [0.25, 0.3) is 0 Å². The fraction of sp³-hybridized carbons (Fsp3) is 0.417. The van der Waals surface area contributed by atoms with Gasteiger partial charge in [0.2, 0.25) is 11.8 Å². The lowest BCUT2D eigenvalue weighted by atomic mass is 9.95. The Labute approximate surface area is 172 Å². The van der Waals surface area contributed by atoms with Crippen LogP contribution in [0.4, 0.5) is 5.69 Å².